The zero-order chi connectivity index (χ0) is 17.6. The van der Waals surface area contributed by atoms with Crippen molar-refractivity contribution < 1.29 is 14.8 Å². The van der Waals surface area contributed by atoms with Crippen molar-refractivity contribution in [2.75, 3.05) is 18.4 Å². The number of hydrogen-bond acceptors (Lipinski definition) is 3. The molecular weight excluding hydrogens is 320 g/mol. The van der Waals surface area contributed by atoms with Crippen LogP contribution in [0.25, 0.3) is 10.9 Å². The number of benzene rings is 1. The number of nitrogens with zero attached hydrogens (tertiary/aromatic N) is 1. The van der Waals surface area contributed by atoms with Crippen LogP contribution in [0.3, 0.4) is 0 Å². The molecule has 1 aliphatic heterocycles. The molecular formula is C18H24N4O3. The average molecular weight is 344 g/mol. The van der Waals surface area contributed by atoms with E-state index in [0.717, 1.165) is 55.4 Å². The number of rotatable bonds is 5. The predicted octanol–water partition coefficient (Wildman–Crippen LogP) is 3.09. The number of carbonyl (C=O) groups excluding carboxylic acids is 2. The lowest BCUT2D eigenvalue weighted by atomic mass is 9.91. The maximum atomic E-state index is 12.5. The smallest absolute Gasteiger partial charge is 0.321 e. The molecule has 2 heterocycles. The van der Waals surface area contributed by atoms with E-state index in [9.17, 15) is 9.59 Å². The van der Waals surface area contributed by atoms with Crippen LogP contribution in [0.4, 0.5) is 10.5 Å². The number of piperidine rings is 1. The van der Waals surface area contributed by atoms with Crippen molar-refractivity contribution in [2.45, 2.75) is 32.1 Å². The Labute approximate surface area is 146 Å². The summed E-state index contributed by atoms with van der Waals surface area (Å²) < 4.78 is 0. The third kappa shape index (κ3) is 4.30. The highest BCUT2D eigenvalue weighted by atomic mass is 16.5. The van der Waals surface area contributed by atoms with Crippen molar-refractivity contribution >= 4 is 28.5 Å². The number of hydrogen-bond donors (Lipinski definition) is 4. The van der Waals surface area contributed by atoms with Gasteiger partial charge in [0.05, 0.1) is 5.69 Å². The molecule has 3 rings (SSSR count). The van der Waals surface area contributed by atoms with Crippen LogP contribution in [0.5, 0.6) is 0 Å². The van der Waals surface area contributed by atoms with Crippen LogP contribution in [0.2, 0.25) is 0 Å². The van der Waals surface area contributed by atoms with E-state index >= 15 is 0 Å². The first-order chi connectivity index (χ1) is 12.2. The Hall–Kier alpha value is -2.54. The Kier molecular flexibility index (Phi) is 5.55. The first-order valence-electron chi connectivity index (χ1n) is 8.72. The van der Waals surface area contributed by atoms with Gasteiger partial charge >= 0.3 is 6.03 Å². The molecule has 0 radical (unpaired) electrons. The maximum absolute atomic E-state index is 12.5. The van der Waals surface area contributed by atoms with Crippen LogP contribution in [-0.2, 0) is 4.79 Å². The van der Waals surface area contributed by atoms with E-state index in [1.165, 1.54) is 0 Å². The van der Waals surface area contributed by atoms with Crippen molar-refractivity contribution in [1.82, 2.24) is 15.4 Å². The van der Waals surface area contributed by atoms with Crippen molar-refractivity contribution in [2.24, 2.45) is 5.92 Å². The second-order valence-corrected chi connectivity index (χ2v) is 6.54. The normalized spacial score (nSPS) is 15.3. The number of urea groups is 1. The maximum Gasteiger partial charge on any atom is 0.321 e. The third-order valence-electron chi connectivity index (χ3n) is 4.87. The summed E-state index contributed by atoms with van der Waals surface area (Å²) >= 11 is 0. The minimum absolute atomic E-state index is 0.0668. The number of likely N-dealkylation sites (tertiary alicyclic amines) is 1. The zero-order valence-electron chi connectivity index (χ0n) is 14.1. The largest absolute Gasteiger partial charge is 0.359 e. The minimum Gasteiger partial charge on any atom is -0.359 e. The Morgan fingerprint density at radius 3 is 2.76 bits per heavy atom. The molecule has 0 saturated carbocycles. The molecule has 0 aliphatic carbocycles. The number of nitrogens with one attached hydrogen (secondary N) is 3. The summed E-state index contributed by atoms with van der Waals surface area (Å²) in [5.74, 6) is 0.194. The van der Waals surface area contributed by atoms with Gasteiger partial charge in [-0.25, -0.2) is 10.3 Å². The predicted molar refractivity (Wildman–Crippen MR) is 95.4 cm³/mol. The van der Waals surface area contributed by atoms with Crippen LogP contribution >= 0.6 is 0 Å². The van der Waals surface area contributed by atoms with E-state index < -0.39 is 0 Å². The lowest BCUT2D eigenvalue weighted by molar-refractivity contribution is -0.129. The van der Waals surface area contributed by atoms with Gasteiger partial charge in [-0.3, -0.25) is 10.0 Å². The molecule has 0 spiro atoms. The molecule has 25 heavy (non-hydrogen) atoms. The summed E-state index contributed by atoms with van der Waals surface area (Å²) in [7, 11) is 0. The van der Waals surface area contributed by atoms with Crippen molar-refractivity contribution in [3.63, 3.8) is 0 Å². The summed E-state index contributed by atoms with van der Waals surface area (Å²) in [5.41, 5.74) is 3.46. The van der Waals surface area contributed by atoms with Gasteiger partial charge < -0.3 is 15.2 Å². The summed E-state index contributed by atoms with van der Waals surface area (Å²) in [6.45, 7) is 1.45. The van der Waals surface area contributed by atoms with Gasteiger partial charge in [0.1, 0.15) is 0 Å². The van der Waals surface area contributed by atoms with E-state index in [2.05, 4.69) is 10.3 Å². The van der Waals surface area contributed by atoms with Crippen LogP contribution in [-0.4, -0.2) is 40.1 Å². The highest BCUT2D eigenvalue weighted by Gasteiger charge is 2.23. The SMILES string of the molecule is O=C(CCCC1CCN(C(=O)Nc2c[nH]c3ccccc23)CC1)NO. The molecule has 0 bridgehead atoms. The second kappa shape index (κ2) is 8.02. The van der Waals surface area contributed by atoms with Gasteiger partial charge in [0.15, 0.2) is 0 Å². The lowest BCUT2D eigenvalue weighted by Gasteiger charge is -2.32. The number of amides is 3. The first kappa shape index (κ1) is 17.3. The van der Waals surface area contributed by atoms with Crippen LogP contribution < -0.4 is 10.8 Å². The van der Waals surface area contributed by atoms with E-state index in [0.29, 0.717) is 12.3 Å². The molecule has 7 heteroatoms. The van der Waals surface area contributed by atoms with E-state index in [1.807, 2.05) is 35.4 Å². The van der Waals surface area contributed by atoms with Gasteiger partial charge in [-0.15, -0.1) is 0 Å². The van der Waals surface area contributed by atoms with Gasteiger partial charge in [-0.2, -0.15) is 0 Å². The summed E-state index contributed by atoms with van der Waals surface area (Å²) in [6, 6.07) is 7.81. The Morgan fingerprint density at radius 1 is 1.24 bits per heavy atom. The number of carbonyl (C=O) groups is 2. The first-order valence-corrected chi connectivity index (χ1v) is 8.72. The summed E-state index contributed by atoms with van der Waals surface area (Å²) in [5, 5.41) is 12.5. The highest BCUT2D eigenvalue weighted by molar-refractivity contribution is 6.00. The summed E-state index contributed by atoms with van der Waals surface area (Å²) in [6.07, 6.45) is 5.77. The Morgan fingerprint density at radius 2 is 2.00 bits per heavy atom. The van der Waals surface area contributed by atoms with Gasteiger partial charge in [0.25, 0.3) is 0 Å². The Balaban J connectivity index is 1.46. The number of anilines is 1. The number of H-pyrrole nitrogens is 1. The molecule has 3 amide bonds. The van der Waals surface area contributed by atoms with Crippen LogP contribution in [0, 0.1) is 5.92 Å². The van der Waals surface area contributed by atoms with Crippen LogP contribution in [0.1, 0.15) is 32.1 Å². The molecule has 1 aliphatic rings. The van der Waals surface area contributed by atoms with Gasteiger partial charge in [-0.05, 0) is 37.7 Å². The highest BCUT2D eigenvalue weighted by Crippen LogP contribution is 2.25. The molecule has 1 saturated heterocycles. The number of hydroxylamine groups is 1. The molecule has 0 atom stereocenters. The fourth-order valence-electron chi connectivity index (χ4n) is 3.40. The molecule has 134 valence electrons. The van der Waals surface area contributed by atoms with Crippen molar-refractivity contribution in [3.8, 4) is 0 Å². The summed E-state index contributed by atoms with van der Waals surface area (Å²) in [4.78, 5) is 28.5. The van der Waals surface area contributed by atoms with Crippen molar-refractivity contribution in [1.29, 1.82) is 0 Å². The fraction of sp³-hybridized carbons (Fsp3) is 0.444. The molecule has 7 nitrogen and oxygen atoms in total. The number of fused-ring (bicyclic) bond motifs is 1. The average Bonchev–Trinajstić information content (AvgIpc) is 3.05. The van der Waals surface area contributed by atoms with E-state index in [-0.39, 0.29) is 11.9 Å². The topological polar surface area (TPSA) is 97.5 Å². The van der Waals surface area contributed by atoms with Crippen LogP contribution in [0.15, 0.2) is 30.5 Å². The number of para-hydroxylation sites is 1. The van der Waals surface area contributed by atoms with E-state index in [1.54, 1.807) is 5.48 Å². The van der Waals surface area contributed by atoms with Crippen molar-refractivity contribution in [3.05, 3.63) is 30.5 Å². The van der Waals surface area contributed by atoms with Gasteiger partial charge in [-0.1, -0.05) is 18.2 Å². The zero-order valence-corrected chi connectivity index (χ0v) is 14.1. The molecule has 0 unspecified atom stereocenters. The molecule has 2 aromatic rings. The third-order valence-corrected chi connectivity index (χ3v) is 4.87. The number of aromatic amines is 1. The fourth-order valence-corrected chi connectivity index (χ4v) is 3.40. The molecule has 1 aromatic heterocycles. The van der Waals surface area contributed by atoms with Gasteiger partial charge in [0.2, 0.25) is 5.91 Å². The quantitative estimate of drug-likeness (QED) is 0.495. The molecule has 1 fully saturated rings. The molecule has 4 N–H and O–H groups in total. The minimum atomic E-state index is -0.337. The second-order valence-electron chi connectivity index (χ2n) is 6.54. The number of aromatic nitrogens is 1. The lowest BCUT2D eigenvalue weighted by Crippen LogP contribution is -2.41. The van der Waals surface area contributed by atoms with E-state index in [4.69, 9.17) is 5.21 Å². The molecule has 1 aromatic carbocycles. The monoisotopic (exact) mass is 344 g/mol. The Bertz CT molecular complexity index is 735. The van der Waals surface area contributed by atoms with Gasteiger partial charge in [0, 0.05) is 36.6 Å². The standard InChI is InChI=1S/C18H24N4O3/c23-17(21-25)7-3-4-13-8-10-22(11-9-13)18(24)20-16-12-19-15-6-2-1-5-14(15)16/h1-2,5-6,12-13,19,25H,3-4,7-11H2,(H,20,24)(H,21,23).